The number of benzene rings is 4. The highest BCUT2D eigenvalue weighted by Crippen LogP contribution is 2.32. The molecule has 0 fully saturated rings. The number of nitrogens with one attached hydrogen (secondary N) is 1. The van der Waals surface area contributed by atoms with Crippen LogP contribution in [0.25, 0.3) is 6.08 Å². The predicted octanol–water partition coefficient (Wildman–Crippen LogP) is 5.83. The Morgan fingerprint density at radius 1 is 0.821 bits per heavy atom. The van der Waals surface area contributed by atoms with Crippen LogP contribution >= 0.6 is 0 Å². The van der Waals surface area contributed by atoms with Crippen LogP contribution in [0.3, 0.4) is 0 Å². The van der Waals surface area contributed by atoms with Gasteiger partial charge in [0, 0.05) is 18.3 Å². The maximum absolute atomic E-state index is 13.3. The number of hydrogen-bond donors (Lipinski definition) is 1. The van der Waals surface area contributed by atoms with Crippen LogP contribution in [-0.4, -0.2) is 18.6 Å². The fourth-order valence-electron chi connectivity index (χ4n) is 4.40. The Balaban J connectivity index is 1.25. The van der Waals surface area contributed by atoms with E-state index in [1.807, 2.05) is 104 Å². The number of fused-ring (bicyclic) bond motifs is 1. The van der Waals surface area contributed by atoms with Crippen molar-refractivity contribution < 1.29 is 19.1 Å². The molecule has 6 heteroatoms. The standard InChI is InChI=1S/C33H30N2O4/c1-24-6-5-9-28(18-24)22-35(33(37)17-13-25-7-3-2-4-8-25)29-14-10-26(11-15-29)20-32(36)34-21-27-12-16-30-31(19-27)39-23-38-30/h2-19H,20-23H2,1H3,(H,34,36)/b17-13+. The van der Waals surface area contributed by atoms with Crippen LogP contribution in [0.4, 0.5) is 5.69 Å². The first-order chi connectivity index (χ1) is 19.0. The number of carbonyl (C=O) groups excluding carboxylic acids is 2. The molecule has 0 spiro atoms. The fraction of sp³-hybridized carbons (Fsp3) is 0.152. The van der Waals surface area contributed by atoms with Gasteiger partial charge in [-0.15, -0.1) is 0 Å². The van der Waals surface area contributed by atoms with Gasteiger partial charge >= 0.3 is 0 Å². The molecule has 5 rings (SSSR count). The van der Waals surface area contributed by atoms with E-state index in [1.54, 1.807) is 11.0 Å². The third-order valence-electron chi connectivity index (χ3n) is 6.45. The lowest BCUT2D eigenvalue weighted by Crippen LogP contribution is -2.29. The lowest BCUT2D eigenvalue weighted by Gasteiger charge is -2.22. The van der Waals surface area contributed by atoms with Crippen molar-refractivity contribution in [3.8, 4) is 11.5 Å². The van der Waals surface area contributed by atoms with Gasteiger partial charge in [-0.2, -0.15) is 0 Å². The highest BCUT2D eigenvalue weighted by Gasteiger charge is 2.16. The van der Waals surface area contributed by atoms with E-state index in [1.165, 1.54) is 0 Å². The lowest BCUT2D eigenvalue weighted by atomic mass is 10.1. The normalized spacial score (nSPS) is 11.9. The molecule has 0 unspecified atom stereocenters. The van der Waals surface area contributed by atoms with Gasteiger partial charge in [-0.1, -0.05) is 78.4 Å². The van der Waals surface area contributed by atoms with Crippen LogP contribution < -0.4 is 19.7 Å². The Morgan fingerprint density at radius 3 is 2.38 bits per heavy atom. The molecular weight excluding hydrogens is 488 g/mol. The van der Waals surface area contributed by atoms with Gasteiger partial charge in [-0.25, -0.2) is 0 Å². The van der Waals surface area contributed by atoms with Crippen molar-refractivity contribution in [3.63, 3.8) is 0 Å². The third kappa shape index (κ3) is 6.93. The SMILES string of the molecule is Cc1cccc(CN(C(=O)/C=C/c2ccccc2)c2ccc(CC(=O)NCc3ccc4c(c3)OCO4)cc2)c1. The zero-order valence-electron chi connectivity index (χ0n) is 21.8. The zero-order valence-corrected chi connectivity index (χ0v) is 21.8. The zero-order chi connectivity index (χ0) is 27.0. The Bertz CT molecular complexity index is 1480. The van der Waals surface area contributed by atoms with Crippen LogP contribution in [0.2, 0.25) is 0 Å². The smallest absolute Gasteiger partial charge is 0.251 e. The molecule has 0 bridgehead atoms. The minimum atomic E-state index is -0.116. The van der Waals surface area contributed by atoms with E-state index >= 15 is 0 Å². The van der Waals surface area contributed by atoms with E-state index in [9.17, 15) is 9.59 Å². The molecule has 1 aliphatic heterocycles. The van der Waals surface area contributed by atoms with E-state index in [-0.39, 0.29) is 25.0 Å². The van der Waals surface area contributed by atoms with Gasteiger partial charge < -0.3 is 19.7 Å². The monoisotopic (exact) mass is 518 g/mol. The topological polar surface area (TPSA) is 67.9 Å². The Kier molecular flexibility index (Phi) is 8.03. The summed E-state index contributed by atoms with van der Waals surface area (Å²) in [6.07, 6.45) is 3.66. The maximum atomic E-state index is 13.3. The molecule has 0 radical (unpaired) electrons. The fourth-order valence-corrected chi connectivity index (χ4v) is 4.40. The van der Waals surface area contributed by atoms with Gasteiger partial charge in [0.05, 0.1) is 13.0 Å². The second-order valence-corrected chi connectivity index (χ2v) is 9.47. The molecule has 1 aliphatic rings. The summed E-state index contributed by atoms with van der Waals surface area (Å²) < 4.78 is 10.7. The molecule has 2 amide bonds. The van der Waals surface area contributed by atoms with E-state index in [2.05, 4.69) is 11.4 Å². The van der Waals surface area contributed by atoms with Gasteiger partial charge in [0.25, 0.3) is 5.91 Å². The maximum Gasteiger partial charge on any atom is 0.251 e. The Morgan fingerprint density at radius 2 is 1.59 bits per heavy atom. The first-order valence-corrected chi connectivity index (χ1v) is 12.9. The van der Waals surface area contributed by atoms with E-state index < -0.39 is 0 Å². The summed E-state index contributed by atoms with van der Waals surface area (Å²) in [5.74, 6) is 1.21. The van der Waals surface area contributed by atoms with Gasteiger partial charge in [0.15, 0.2) is 11.5 Å². The number of amides is 2. The number of hydrogen-bond acceptors (Lipinski definition) is 4. The van der Waals surface area contributed by atoms with Gasteiger partial charge in [-0.05, 0) is 59.5 Å². The summed E-state index contributed by atoms with van der Waals surface area (Å²) in [6.45, 7) is 3.10. The highest BCUT2D eigenvalue weighted by atomic mass is 16.7. The largest absolute Gasteiger partial charge is 0.454 e. The molecule has 39 heavy (non-hydrogen) atoms. The van der Waals surface area contributed by atoms with Crippen LogP contribution in [0.15, 0.2) is 103 Å². The molecule has 0 saturated carbocycles. The number of ether oxygens (including phenoxy) is 2. The number of rotatable bonds is 9. The summed E-state index contributed by atoms with van der Waals surface area (Å²) in [7, 11) is 0. The minimum absolute atomic E-state index is 0.0843. The second kappa shape index (κ2) is 12.1. The molecule has 1 heterocycles. The molecule has 0 aromatic heterocycles. The number of aryl methyl sites for hydroxylation is 1. The van der Waals surface area contributed by atoms with Crippen molar-refractivity contribution in [1.29, 1.82) is 0 Å². The Labute approximate surface area is 228 Å². The van der Waals surface area contributed by atoms with Crippen molar-refractivity contribution in [2.24, 2.45) is 0 Å². The van der Waals surface area contributed by atoms with E-state index in [4.69, 9.17) is 9.47 Å². The summed E-state index contributed by atoms with van der Waals surface area (Å²) in [5.41, 5.74) is 5.72. The number of carbonyl (C=O) groups is 2. The van der Waals surface area contributed by atoms with Crippen molar-refractivity contribution in [2.45, 2.75) is 26.4 Å². The average molecular weight is 519 g/mol. The Hall–Kier alpha value is -4.84. The van der Waals surface area contributed by atoms with Gasteiger partial charge in [0.1, 0.15) is 0 Å². The average Bonchev–Trinajstić information content (AvgIpc) is 3.43. The van der Waals surface area contributed by atoms with Gasteiger partial charge in [0.2, 0.25) is 12.7 Å². The predicted molar refractivity (Wildman–Crippen MR) is 152 cm³/mol. The van der Waals surface area contributed by atoms with Gasteiger partial charge in [-0.3, -0.25) is 9.59 Å². The van der Waals surface area contributed by atoms with Crippen molar-refractivity contribution in [1.82, 2.24) is 5.32 Å². The molecule has 4 aromatic carbocycles. The molecule has 0 aliphatic carbocycles. The van der Waals surface area contributed by atoms with Crippen LogP contribution in [0, 0.1) is 6.92 Å². The summed E-state index contributed by atoms with van der Waals surface area (Å²) in [5, 5.41) is 2.96. The first kappa shape index (κ1) is 25.8. The third-order valence-corrected chi connectivity index (χ3v) is 6.45. The summed E-state index contributed by atoms with van der Waals surface area (Å²) in [6, 6.07) is 31.1. The number of anilines is 1. The minimum Gasteiger partial charge on any atom is -0.454 e. The van der Waals surface area contributed by atoms with Crippen molar-refractivity contribution >= 4 is 23.6 Å². The molecule has 6 nitrogen and oxygen atoms in total. The first-order valence-electron chi connectivity index (χ1n) is 12.9. The summed E-state index contributed by atoms with van der Waals surface area (Å²) >= 11 is 0. The lowest BCUT2D eigenvalue weighted by molar-refractivity contribution is -0.120. The second-order valence-electron chi connectivity index (χ2n) is 9.47. The molecule has 4 aromatic rings. The quantitative estimate of drug-likeness (QED) is 0.283. The van der Waals surface area contributed by atoms with E-state index in [0.717, 1.165) is 39.3 Å². The molecule has 0 atom stereocenters. The molecular formula is C33H30N2O4. The molecule has 196 valence electrons. The van der Waals surface area contributed by atoms with Crippen LogP contribution in [0.5, 0.6) is 11.5 Å². The van der Waals surface area contributed by atoms with Crippen molar-refractivity contribution in [3.05, 3.63) is 131 Å². The number of nitrogens with zero attached hydrogens (tertiary/aromatic N) is 1. The van der Waals surface area contributed by atoms with Crippen LogP contribution in [-0.2, 0) is 29.1 Å². The highest BCUT2D eigenvalue weighted by molar-refractivity contribution is 6.03. The summed E-state index contributed by atoms with van der Waals surface area (Å²) in [4.78, 5) is 27.7. The van der Waals surface area contributed by atoms with Crippen LogP contribution in [0.1, 0.15) is 27.8 Å². The van der Waals surface area contributed by atoms with E-state index in [0.29, 0.717) is 18.8 Å². The molecule has 0 saturated heterocycles. The van der Waals surface area contributed by atoms with Crippen molar-refractivity contribution in [2.75, 3.05) is 11.7 Å². The molecule has 1 N–H and O–H groups in total.